The highest BCUT2D eigenvalue weighted by atomic mass is 16.5. The summed E-state index contributed by atoms with van der Waals surface area (Å²) in [5.74, 6) is -3.62. The Morgan fingerprint density at radius 2 is 1.82 bits per heavy atom. The van der Waals surface area contributed by atoms with Gasteiger partial charge in [0.25, 0.3) is 0 Å². The van der Waals surface area contributed by atoms with Gasteiger partial charge in [-0.15, -0.1) is 0 Å². The molecule has 5 atom stereocenters. The number of aromatic amines is 2. The van der Waals surface area contributed by atoms with Crippen LogP contribution in [0.2, 0.25) is 0 Å². The summed E-state index contributed by atoms with van der Waals surface area (Å²) in [5, 5.41) is 18.8. The van der Waals surface area contributed by atoms with Crippen LogP contribution in [-0.4, -0.2) is 45.9 Å². The standard InChI is InChI=1S/C35H40N4O5/c1-8-19-15(3)22-12-24-17(5)21(10-11-28(40)41)32(38-24)30-31(35(43)44-7)34(42)29-18(6)25(39-33(29)30)14-27-20(9-2)16(4)23(37-27)13-26(19)36-22/h8,12-14,17,21,29,31-32,36-39H,1,9-11H2,2-7H3,(H,40,41)/b23-13-,24-12-,27-14-/t17-,21-,29?,31+,32?/m0/s1. The van der Waals surface area contributed by atoms with Gasteiger partial charge in [-0.1, -0.05) is 26.5 Å². The van der Waals surface area contributed by atoms with Crippen molar-refractivity contribution in [3.8, 4) is 0 Å². The van der Waals surface area contributed by atoms with Crippen LogP contribution >= 0.6 is 0 Å². The van der Waals surface area contributed by atoms with Crippen LogP contribution in [0, 0.1) is 37.5 Å². The molecule has 6 rings (SSSR count). The zero-order valence-electron chi connectivity index (χ0n) is 26.1. The van der Waals surface area contributed by atoms with Gasteiger partial charge in [0, 0.05) is 57.1 Å². The molecule has 1 aliphatic carbocycles. The highest BCUT2D eigenvalue weighted by Gasteiger charge is 2.54. The lowest BCUT2D eigenvalue weighted by atomic mass is 9.80. The lowest BCUT2D eigenvalue weighted by molar-refractivity contribution is -0.148. The van der Waals surface area contributed by atoms with E-state index in [4.69, 9.17) is 4.74 Å². The van der Waals surface area contributed by atoms with E-state index < -0.39 is 29.8 Å². The van der Waals surface area contributed by atoms with E-state index >= 15 is 0 Å². The maximum absolute atomic E-state index is 14.1. The first-order chi connectivity index (χ1) is 21.0. The Balaban J connectivity index is 1.66. The molecule has 3 aliphatic heterocycles. The molecule has 4 aliphatic rings. The molecule has 44 heavy (non-hydrogen) atoms. The van der Waals surface area contributed by atoms with Crippen LogP contribution in [0.25, 0.3) is 24.3 Å². The second-order valence-electron chi connectivity index (χ2n) is 12.4. The summed E-state index contributed by atoms with van der Waals surface area (Å²) in [6.45, 7) is 14.4. The Morgan fingerprint density at radius 1 is 1.07 bits per heavy atom. The molecule has 2 aromatic rings. The van der Waals surface area contributed by atoms with Gasteiger partial charge in [0.15, 0.2) is 5.78 Å². The highest BCUT2D eigenvalue weighted by molar-refractivity contribution is 6.09. The van der Waals surface area contributed by atoms with Gasteiger partial charge < -0.3 is 30.4 Å². The Kier molecular flexibility index (Phi) is 7.30. The third kappa shape index (κ3) is 4.40. The van der Waals surface area contributed by atoms with Gasteiger partial charge in [0.2, 0.25) is 0 Å². The van der Waals surface area contributed by atoms with E-state index in [0.29, 0.717) is 17.7 Å². The summed E-state index contributed by atoms with van der Waals surface area (Å²) < 4.78 is 5.18. The van der Waals surface area contributed by atoms with Crippen LogP contribution in [0.1, 0.15) is 67.3 Å². The average Bonchev–Trinajstić information content (AvgIpc) is 3.72. The van der Waals surface area contributed by atoms with Crippen molar-refractivity contribution >= 4 is 42.0 Å². The lowest BCUT2D eigenvalue weighted by Crippen LogP contribution is -2.37. The molecule has 0 amide bonds. The summed E-state index contributed by atoms with van der Waals surface area (Å²) >= 11 is 0. The number of ketones is 1. The number of hydrogen-bond acceptors (Lipinski definition) is 6. The van der Waals surface area contributed by atoms with E-state index in [1.165, 1.54) is 12.7 Å². The number of carbonyl (C=O) groups excluding carboxylic acids is 2. The van der Waals surface area contributed by atoms with Gasteiger partial charge in [-0.05, 0) is 85.6 Å². The van der Waals surface area contributed by atoms with Crippen LogP contribution < -0.4 is 21.3 Å². The maximum atomic E-state index is 14.1. The molecule has 1 fully saturated rings. The van der Waals surface area contributed by atoms with Crippen LogP contribution in [0.15, 0.2) is 34.8 Å². The van der Waals surface area contributed by atoms with Crippen molar-refractivity contribution in [2.45, 2.75) is 59.9 Å². The first kappa shape index (κ1) is 29.5. The summed E-state index contributed by atoms with van der Waals surface area (Å²) in [6, 6.07) is -0.443. The number of allylic oxidation sites excluding steroid dienone is 3. The Hall–Kier alpha value is -4.53. The summed E-state index contributed by atoms with van der Waals surface area (Å²) in [4.78, 5) is 46.3. The molecule has 5 heterocycles. The molecule has 2 unspecified atom stereocenters. The number of H-pyrrole nitrogens is 2. The quantitative estimate of drug-likeness (QED) is 0.255. The second kappa shape index (κ2) is 10.9. The molecule has 8 bridgehead atoms. The lowest BCUT2D eigenvalue weighted by Gasteiger charge is -2.26. The number of methoxy groups -OCH3 is 1. The molecule has 0 spiro atoms. The summed E-state index contributed by atoms with van der Waals surface area (Å²) in [6.07, 6.45) is 9.29. The smallest absolute Gasteiger partial charge is 0.320 e. The monoisotopic (exact) mass is 596 g/mol. The Morgan fingerprint density at radius 3 is 2.48 bits per heavy atom. The number of ether oxygens (including phenoxy) is 1. The number of esters is 1. The van der Waals surface area contributed by atoms with Gasteiger partial charge in [-0.25, -0.2) is 0 Å². The van der Waals surface area contributed by atoms with E-state index in [2.05, 4.69) is 73.1 Å². The number of carboxylic acid groups (broad SMARTS) is 1. The number of fused-ring (bicyclic) bond motifs is 8. The zero-order chi connectivity index (χ0) is 31.6. The van der Waals surface area contributed by atoms with E-state index in [9.17, 15) is 19.5 Å². The number of hydrogen-bond donors (Lipinski definition) is 5. The number of carbonyl (C=O) groups is 3. The van der Waals surface area contributed by atoms with Crippen LogP contribution in [0.4, 0.5) is 0 Å². The fraction of sp³-hybridized carbons (Fsp3) is 0.400. The van der Waals surface area contributed by atoms with E-state index in [-0.39, 0.29) is 24.0 Å². The number of Topliss-reactive ketones (excluding diaryl/α,β-unsaturated/α-hetero) is 1. The van der Waals surface area contributed by atoms with Gasteiger partial charge in [-0.3, -0.25) is 14.4 Å². The van der Waals surface area contributed by atoms with Crippen molar-refractivity contribution in [1.82, 2.24) is 20.6 Å². The highest BCUT2D eigenvalue weighted by Crippen LogP contribution is 2.48. The molecule has 5 N–H and O–H groups in total. The number of rotatable bonds is 6. The predicted octanol–water partition coefficient (Wildman–Crippen LogP) is 3.34. The fourth-order valence-corrected chi connectivity index (χ4v) is 7.76. The average molecular weight is 597 g/mol. The predicted molar refractivity (Wildman–Crippen MR) is 169 cm³/mol. The summed E-state index contributed by atoms with van der Waals surface area (Å²) in [5.41, 5.74) is 10.2. The molecule has 1 saturated heterocycles. The largest absolute Gasteiger partial charge is 0.481 e. The van der Waals surface area contributed by atoms with Crippen molar-refractivity contribution in [3.05, 3.63) is 79.2 Å². The normalized spacial score (nSPS) is 28.0. The third-order valence-corrected chi connectivity index (χ3v) is 10.2. The number of nitrogens with one attached hydrogen (secondary N) is 4. The first-order valence-electron chi connectivity index (χ1n) is 15.3. The van der Waals surface area contributed by atoms with Gasteiger partial charge >= 0.3 is 11.9 Å². The molecule has 9 nitrogen and oxygen atoms in total. The SMILES string of the molecule is C=Cc1c2[nH]c(c1C)/C=C1\NC(C3=C4NC(=C(C)C4C(=O)[C@@H]3C(=O)OC)/C=c3\[nH]/c(c(C)c3CC)=C\2)[C@@H](CCC(=O)O)[C@@H]1C. The molecule has 230 valence electrons. The third-order valence-electron chi connectivity index (χ3n) is 10.2. The topological polar surface area (TPSA) is 136 Å². The number of aromatic nitrogens is 2. The molecule has 0 saturated carbocycles. The van der Waals surface area contributed by atoms with Crippen molar-refractivity contribution in [2.24, 2.45) is 23.7 Å². The minimum absolute atomic E-state index is 0.0254. The van der Waals surface area contributed by atoms with Crippen LogP contribution in [0.5, 0.6) is 0 Å². The molecule has 0 aromatic carbocycles. The first-order valence-corrected chi connectivity index (χ1v) is 15.3. The van der Waals surface area contributed by atoms with Gasteiger partial charge in [0.05, 0.1) is 19.1 Å². The van der Waals surface area contributed by atoms with E-state index in [1.54, 1.807) is 0 Å². The molecule has 0 radical (unpaired) electrons. The van der Waals surface area contributed by atoms with E-state index in [0.717, 1.165) is 62.2 Å². The van der Waals surface area contributed by atoms with Crippen molar-refractivity contribution in [1.29, 1.82) is 0 Å². The molecule has 2 aromatic heterocycles. The molecular weight excluding hydrogens is 556 g/mol. The number of aliphatic carboxylic acids is 1. The van der Waals surface area contributed by atoms with Crippen molar-refractivity contribution in [2.75, 3.05) is 7.11 Å². The van der Waals surface area contributed by atoms with Crippen molar-refractivity contribution in [3.63, 3.8) is 0 Å². The minimum atomic E-state index is -1.08. The maximum Gasteiger partial charge on any atom is 0.320 e. The van der Waals surface area contributed by atoms with Crippen LogP contribution in [-0.2, 0) is 25.5 Å². The Bertz CT molecular complexity index is 1850. The molecular formula is C35H40N4O5. The minimum Gasteiger partial charge on any atom is -0.481 e. The van der Waals surface area contributed by atoms with Gasteiger partial charge in [0.1, 0.15) is 5.92 Å². The fourth-order valence-electron chi connectivity index (χ4n) is 7.76. The summed E-state index contributed by atoms with van der Waals surface area (Å²) in [7, 11) is 1.30. The zero-order valence-corrected chi connectivity index (χ0v) is 26.1. The molecule has 9 heteroatoms. The van der Waals surface area contributed by atoms with Crippen LogP contribution in [0.3, 0.4) is 0 Å². The Labute approximate surface area is 256 Å². The second-order valence-corrected chi connectivity index (χ2v) is 12.4. The van der Waals surface area contributed by atoms with Gasteiger partial charge in [-0.2, -0.15) is 0 Å². The van der Waals surface area contributed by atoms with Crippen molar-refractivity contribution < 1.29 is 24.2 Å². The number of carboxylic acids is 1. The van der Waals surface area contributed by atoms with E-state index in [1.807, 2.05) is 13.0 Å².